The van der Waals surface area contributed by atoms with Crippen molar-refractivity contribution in [2.75, 3.05) is 0 Å². The van der Waals surface area contributed by atoms with Crippen LogP contribution in [0.3, 0.4) is 0 Å². The van der Waals surface area contributed by atoms with Gasteiger partial charge in [-0.05, 0) is 0 Å². The van der Waals surface area contributed by atoms with E-state index in [9.17, 15) is 0 Å². The molecule has 0 atom stereocenters. The third-order valence-electron chi connectivity index (χ3n) is 2.48. The number of hydrogen-bond donors (Lipinski definition) is 0. The molecule has 0 aliphatic heterocycles. The number of rotatable bonds is 2. The van der Waals surface area contributed by atoms with Crippen molar-refractivity contribution in [3.05, 3.63) is 48.6 Å². The molecular weight excluding hydrogens is 348 g/mol. The van der Waals surface area contributed by atoms with E-state index in [-0.39, 0.29) is 7.73 Å². The maximum atomic E-state index is 6.53. The first kappa shape index (κ1) is 11.1. The van der Waals surface area contributed by atoms with Crippen LogP contribution in [0.4, 0.5) is 0 Å². The summed E-state index contributed by atoms with van der Waals surface area (Å²) in [5.74, 6) is 0. The quantitative estimate of drug-likeness (QED) is 0.634. The van der Waals surface area contributed by atoms with Crippen molar-refractivity contribution < 1.29 is 0 Å². The van der Waals surface area contributed by atoms with Gasteiger partial charge in [-0.2, -0.15) is 0 Å². The summed E-state index contributed by atoms with van der Waals surface area (Å²) in [5, 5.41) is 0. The van der Waals surface area contributed by atoms with Crippen LogP contribution in [0, 0.1) is 0 Å². The summed E-state index contributed by atoms with van der Waals surface area (Å²) in [5.41, 5.74) is 0. The minimum absolute atomic E-state index is 0.0326. The number of halogens is 3. The van der Waals surface area contributed by atoms with Crippen LogP contribution >= 0.6 is 26.5 Å². The van der Waals surface area contributed by atoms with Gasteiger partial charge in [0.05, 0.1) is 0 Å². The molecule has 14 heavy (non-hydrogen) atoms. The molecule has 4 heteroatoms. The number of allylic oxidation sites excluding steroid dienone is 8. The summed E-state index contributed by atoms with van der Waals surface area (Å²) in [4.78, 5) is 0. The van der Waals surface area contributed by atoms with Gasteiger partial charge >= 0.3 is 96.8 Å². The molecule has 2 rings (SSSR count). The molecule has 0 saturated heterocycles. The van der Waals surface area contributed by atoms with Crippen molar-refractivity contribution >= 4 is 40.5 Å². The van der Waals surface area contributed by atoms with Gasteiger partial charge in [-0.15, -0.1) is 0 Å². The van der Waals surface area contributed by atoms with E-state index in [0.717, 1.165) is 0 Å². The minimum atomic E-state index is -4.08. The van der Waals surface area contributed by atoms with E-state index < -0.39 is 14.0 Å². The van der Waals surface area contributed by atoms with E-state index >= 15 is 0 Å². The molecule has 2 aliphatic carbocycles. The molecule has 0 spiro atoms. The second-order valence-electron chi connectivity index (χ2n) is 3.45. The Morgan fingerprint density at radius 1 is 0.643 bits per heavy atom. The monoisotopic (exact) mass is 356 g/mol. The first-order valence-corrected chi connectivity index (χ1v) is 17.0. The maximum absolute atomic E-state index is 6.53. The van der Waals surface area contributed by atoms with E-state index in [1.54, 1.807) is 0 Å². The molecule has 0 unspecified atom stereocenters. The molecule has 0 N–H and O–H groups in total. The molecule has 0 nitrogen and oxygen atoms in total. The van der Waals surface area contributed by atoms with E-state index in [1.165, 1.54) is 0 Å². The first-order valence-electron chi connectivity index (χ1n) is 4.36. The van der Waals surface area contributed by atoms with E-state index in [4.69, 9.17) is 26.5 Å². The Bertz CT molecular complexity index is 301. The van der Waals surface area contributed by atoms with E-state index in [2.05, 4.69) is 0 Å². The second-order valence-corrected chi connectivity index (χ2v) is 30.3. The molecule has 0 fully saturated rings. The molecule has 0 radical (unpaired) electrons. The van der Waals surface area contributed by atoms with Gasteiger partial charge in [0.2, 0.25) is 0 Å². The molecule has 76 valence electrons. The van der Waals surface area contributed by atoms with Crippen LogP contribution < -0.4 is 0 Å². The Balaban J connectivity index is 2.35. The van der Waals surface area contributed by atoms with Crippen molar-refractivity contribution in [1.82, 2.24) is 0 Å². The Morgan fingerprint density at radius 3 is 1.21 bits per heavy atom. The molecule has 0 aromatic rings. The number of hydrogen-bond acceptors (Lipinski definition) is 0. The Morgan fingerprint density at radius 2 is 0.929 bits per heavy atom. The van der Waals surface area contributed by atoms with Crippen LogP contribution in [0.1, 0.15) is 0 Å². The molecule has 0 bridgehead atoms. The fourth-order valence-electron chi connectivity index (χ4n) is 1.63. The van der Waals surface area contributed by atoms with Crippen LogP contribution in [0.25, 0.3) is 0 Å². The zero-order valence-electron chi connectivity index (χ0n) is 7.35. The Hall–Kier alpha value is 0.648. The average molecular weight is 358 g/mol. The molecule has 2 aliphatic rings. The summed E-state index contributed by atoms with van der Waals surface area (Å²) in [6, 6.07) is 0. The SMILES string of the molecule is [Cl][Sb]([Cl])([Cl])([CH]1C=CC=C1)[CH]1C=CC=C1. The topological polar surface area (TPSA) is 0 Å². The predicted molar refractivity (Wildman–Crippen MR) is 67.4 cm³/mol. The van der Waals surface area contributed by atoms with E-state index in [0.29, 0.717) is 0 Å². The second kappa shape index (κ2) is 3.59. The van der Waals surface area contributed by atoms with Gasteiger partial charge in [0.15, 0.2) is 0 Å². The van der Waals surface area contributed by atoms with Crippen LogP contribution in [-0.2, 0) is 0 Å². The zero-order chi connectivity index (χ0) is 10.3. The van der Waals surface area contributed by atoms with Gasteiger partial charge in [0, 0.05) is 0 Å². The van der Waals surface area contributed by atoms with Gasteiger partial charge in [0.1, 0.15) is 0 Å². The van der Waals surface area contributed by atoms with Gasteiger partial charge in [-0.25, -0.2) is 0 Å². The third-order valence-corrected chi connectivity index (χ3v) is 19.3. The van der Waals surface area contributed by atoms with Crippen LogP contribution in [0.15, 0.2) is 48.6 Å². The average Bonchev–Trinajstić information content (AvgIpc) is 2.78. The molecule has 0 amide bonds. The van der Waals surface area contributed by atoms with Gasteiger partial charge < -0.3 is 0 Å². The fourth-order valence-corrected chi connectivity index (χ4v) is 12.5. The summed E-state index contributed by atoms with van der Waals surface area (Å²) >= 11 is -4.08. The third kappa shape index (κ3) is 1.83. The molecule has 0 saturated carbocycles. The Kier molecular flexibility index (Phi) is 2.86. The molecule has 0 aromatic heterocycles. The normalized spacial score (nSPS) is 24.6. The van der Waals surface area contributed by atoms with Crippen molar-refractivity contribution in [2.24, 2.45) is 0 Å². The van der Waals surface area contributed by atoms with Crippen molar-refractivity contribution in [2.45, 2.75) is 7.73 Å². The van der Waals surface area contributed by atoms with Crippen LogP contribution in [0.5, 0.6) is 0 Å². The van der Waals surface area contributed by atoms with Crippen molar-refractivity contribution in [3.63, 3.8) is 0 Å². The van der Waals surface area contributed by atoms with Gasteiger partial charge in [-0.1, -0.05) is 0 Å². The molecule has 0 aromatic carbocycles. The summed E-state index contributed by atoms with van der Waals surface area (Å²) < 4.78 is 0.0652. The molecule has 0 heterocycles. The summed E-state index contributed by atoms with van der Waals surface area (Å²) in [6.45, 7) is 0. The molecular formula is C10H10Cl3Sb. The summed E-state index contributed by atoms with van der Waals surface area (Å²) in [7, 11) is 19.6. The van der Waals surface area contributed by atoms with Crippen LogP contribution in [0.2, 0.25) is 7.73 Å². The van der Waals surface area contributed by atoms with E-state index in [1.807, 2.05) is 48.6 Å². The summed E-state index contributed by atoms with van der Waals surface area (Å²) in [6.07, 6.45) is 15.8. The zero-order valence-corrected chi connectivity index (χ0v) is 12.2. The Labute approximate surface area is 96.0 Å². The standard InChI is InChI=1S/2C5H5.3ClH.Sb/c2*1-2-4-5-3-1;;;;/h2*1-5H;3*1H;/q;;;;;+3/p-3. The fraction of sp³-hybridized carbons (Fsp3) is 0.200. The van der Waals surface area contributed by atoms with Crippen molar-refractivity contribution in [1.29, 1.82) is 0 Å². The van der Waals surface area contributed by atoms with Gasteiger partial charge in [-0.3, -0.25) is 0 Å². The first-order chi connectivity index (χ1) is 6.49. The predicted octanol–water partition coefficient (Wildman–Crippen LogP) is 4.59. The van der Waals surface area contributed by atoms with Gasteiger partial charge in [0.25, 0.3) is 0 Å². The van der Waals surface area contributed by atoms with Crippen LogP contribution in [-0.4, -0.2) is 14.0 Å². The van der Waals surface area contributed by atoms with Crippen molar-refractivity contribution in [3.8, 4) is 0 Å².